The minimum absolute atomic E-state index is 0.235. The lowest BCUT2D eigenvalue weighted by molar-refractivity contribution is 0.398. The topological polar surface area (TPSA) is 39.1 Å². The van der Waals surface area contributed by atoms with Crippen molar-refractivity contribution in [3.8, 4) is 0 Å². The lowest BCUT2D eigenvalue weighted by Crippen LogP contribution is -2.27. The predicted octanol–water partition coefficient (Wildman–Crippen LogP) is 5.28. The number of amidine groups is 1. The second-order valence-electron chi connectivity index (χ2n) is 7.28. The SMILES string of the molecule is Cc1cc(C)c(N2N=C3CCCN3/C2=C(O)/C=C/c2ccccc2)c(C)c1. The molecule has 0 aromatic heterocycles. The lowest BCUT2D eigenvalue weighted by Gasteiger charge is -2.25. The summed E-state index contributed by atoms with van der Waals surface area (Å²) in [7, 11) is 0. The van der Waals surface area contributed by atoms with E-state index in [-0.39, 0.29) is 5.76 Å². The van der Waals surface area contributed by atoms with Crippen LogP contribution in [-0.2, 0) is 0 Å². The largest absolute Gasteiger partial charge is 0.504 e. The number of hydrogen-bond donors (Lipinski definition) is 1. The molecule has 138 valence electrons. The van der Waals surface area contributed by atoms with Crippen molar-refractivity contribution >= 4 is 17.6 Å². The molecule has 0 radical (unpaired) electrons. The minimum Gasteiger partial charge on any atom is -0.504 e. The van der Waals surface area contributed by atoms with E-state index in [1.807, 2.05) is 41.4 Å². The molecule has 0 saturated carbocycles. The highest BCUT2D eigenvalue weighted by Crippen LogP contribution is 2.37. The summed E-state index contributed by atoms with van der Waals surface area (Å²) >= 11 is 0. The van der Waals surface area contributed by atoms with Crippen LogP contribution >= 0.6 is 0 Å². The summed E-state index contributed by atoms with van der Waals surface area (Å²) in [5.41, 5.74) is 5.67. The highest BCUT2D eigenvalue weighted by atomic mass is 16.3. The van der Waals surface area contributed by atoms with Gasteiger partial charge in [-0.2, -0.15) is 5.10 Å². The normalized spacial score (nSPS) is 18.3. The molecule has 2 aromatic rings. The average Bonchev–Trinajstić information content (AvgIpc) is 3.21. The van der Waals surface area contributed by atoms with Gasteiger partial charge in [0.05, 0.1) is 5.69 Å². The third-order valence-electron chi connectivity index (χ3n) is 5.07. The molecule has 0 bridgehead atoms. The van der Waals surface area contributed by atoms with Crippen LogP contribution in [0.2, 0.25) is 0 Å². The molecule has 2 aromatic carbocycles. The van der Waals surface area contributed by atoms with E-state index >= 15 is 0 Å². The molecule has 2 heterocycles. The van der Waals surface area contributed by atoms with Crippen LogP contribution in [0.25, 0.3) is 6.08 Å². The van der Waals surface area contributed by atoms with E-state index in [2.05, 4.69) is 37.8 Å². The van der Waals surface area contributed by atoms with Crippen LogP contribution in [0.1, 0.15) is 35.1 Å². The molecule has 2 aliphatic heterocycles. The third-order valence-corrected chi connectivity index (χ3v) is 5.07. The molecule has 0 aliphatic carbocycles. The van der Waals surface area contributed by atoms with Crippen molar-refractivity contribution in [2.75, 3.05) is 11.6 Å². The Balaban J connectivity index is 1.78. The first-order valence-corrected chi connectivity index (χ1v) is 9.44. The maximum Gasteiger partial charge on any atom is 0.178 e. The minimum atomic E-state index is 0.235. The van der Waals surface area contributed by atoms with E-state index in [9.17, 15) is 5.11 Å². The number of aliphatic hydroxyl groups is 1. The van der Waals surface area contributed by atoms with Crippen molar-refractivity contribution in [2.45, 2.75) is 33.6 Å². The van der Waals surface area contributed by atoms with Gasteiger partial charge in [-0.25, -0.2) is 5.01 Å². The number of aryl methyl sites for hydroxylation is 3. The smallest absolute Gasteiger partial charge is 0.178 e. The number of anilines is 1. The lowest BCUT2D eigenvalue weighted by atomic mass is 10.0. The Hall–Kier alpha value is -3.01. The number of nitrogens with zero attached hydrogens (tertiary/aromatic N) is 3. The maximum absolute atomic E-state index is 11.0. The van der Waals surface area contributed by atoms with E-state index in [4.69, 9.17) is 5.10 Å². The van der Waals surface area contributed by atoms with Gasteiger partial charge in [0.2, 0.25) is 0 Å². The number of aliphatic hydroxyl groups excluding tert-OH is 1. The number of hydrogen-bond acceptors (Lipinski definition) is 4. The van der Waals surface area contributed by atoms with Crippen LogP contribution in [0.5, 0.6) is 0 Å². The van der Waals surface area contributed by atoms with Crippen LogP contribution in [-0.4, -0.2) is 22.4 Å². The van der Waals surface area contributed by atoms with E-state index in [0.717, 1.165) is 53.4 Å². The molecule has 4 nitrogen and oxygen atoms in total. The van der Waals surface area contributed by atoms with Gasteiger partial charge in [-0.15, -0.1) is 0 Å². The van der Waals surface area contributed by atoms with Crippen LogP contribution < -0.4 is 5.01 Å². The first kappa shape index (κ1) is 17.4. The molecular weight excluding hydrogens is 334 g/mol. The number of benzene rings is 2. The number of allylic oxidation sites excluding steroid dienone is 1. The van der Waals surface area contributed by atoms with Crippen LogP contribution in [0, 0.1) is 20.8 Å². The molecule has 2 aliphatic rings. The highest BCUT2D eigenvalue weighted by Gasteiger charge is 2.36. The van der Waals surface area contributed by atoms with Crippen molar-refractivity contribution in [1.82, 2.24) is 4.90 Å². The number of hydrazone groups is 1. The van der Waals surface area contributed by atoms with Crippen molar-refractivity contribution in [3.05, 3.63) is 82.4 Å². The average molecular weight is 359 g/mol. The van der Waals surface area contributed by atoms with Gasteiger partial charge in [-0.1, -0.05) is 54.1 Å². The monoisotopic (exact) mass is 359 g/mol. The zero-order valence-corrected chi connectivity index (χ0v) is 16.1. The Labute approximate surface area is 160 Å². The molecule has 4 heteroatoms. The summed E-state index contributed by atoms with van der Waals surface area (Å²) in [6, 6.07) is 14.3. The molecule has 0 atom stereocenters. The number of fused-ring (bicyclic) bond motifs is 1. The molecule has 1 fully saturated rings. The quantitative estimate of drug-likeness (QED) is 0.758. The van der Waals surface area contributed by atoms with Crippen molar-refractivity contribution in [1.29, 1.82) is 0 Å². The Morgan fingerprint density at radius 1 is 1.07 bits per heavy atom. The first-order valence-electron chi connectivity index (χ1n) is 9.44. The fourth-order valence-electron chi connectivity index (χ4n) is 3.99. The standard InChI is InChI=1S/C23H25N3O/c1-16-14-17(2)22(18(3)15-16)26-23(25-13-7-10-21(25)24-26)20(27)12-11-19-8-5-4-6-9-19/h4-6,8-9,11-12,14-15,27H,7,10,13H2,1-3H3/b12-11+,23-20+. The molecule has 1 saturated heterocycles. The van der Waals surface area contributed by atoms with Gasteiger partial charge in [-0.05, 0) is 50.0 Å². The Morgan fingerprint density at radius 2 is 1.78 bits per heavy atom. The molecule has 27 heavy (non-hydrogen) atoms. The fraction of sp³-hybridized carbons (Fsp3) is 0.261. The van der Waals surface area contributed by atoms with Gasteiger partial charge in [0.15, 0.2) is 11.6 Å². The molecule has 0 amide bonds. The van der Waals surface area contributed by atoms with Crippen molar-refractivity contribution in [3.63, 3.8) is 0 Å². The zero-order chi connectivity index (χ0) is 19.0. The van der Waals surface area contributed by atoms with E-state index < -0.39 is 0 Å². The summed E-state index contributed by atoms with van der Waals surface area (Å²) in [4.78, 5) is 2.14. The van der Waals surface area contributed by atoms with Crippen LogP contribution in [0.15, 0.2) is 65.2 Å². The summed E-state index contributed by atoms with van der Waals surface area (Å²) in [5.74, 6) is 2.02. The van der Waals surface area contributed by atoms with Gasteiger partial charge >= 0.3 is 0 Å². The van der Waals surface area contributed by atoms with Gasteiger partial charge in [-0.3, -0.25) is 0 Å². The second kappa shape index (κ2) is 6.95. The van der Waals surface area contributed by atoms with Crippen molar-refractivity contribution in [2.24, 2.45) is 5.10 Å². The van der Waals surface area contributed by atoms with Gasteiger partial charge in [0.1, 0.15) is 5.84 Å². The molecule has 0 spiro atoms. The van der Waals surface area contributed by atoms with E-state index in [1.54, 1.807) is 6.08 Å². The zero-order valence-electron chi connectivity index (χ0n) is 16.1. The van der Waals surface area contributed by atoms with E-state index in [1.165, 1.54) is 5.56 Å². The summed E-state index contributed by atoms with van der Waals surface area (Å²) in [6.45, 7) is 7.20. The van der Waals surface area contributed by atoms with Crippen LogP contribution in [0.3, 0.4) is 0 Å². The fourth-order valence-corrected chi connectivity index (χ4v) is 3.99. The summed E-state index contributed by atoms with van der Waals surface area (Å²) in [5, 5.41) is 17.7. The molecule has 1 N–H and O–H groups in total. The second-order valence-corrected chi connectivity index (χ2v) is 7.28. The number of rotatable bonds is 3. The molecular formula is C23H25N3O. The molecule has 0 unspecified atom stereocenters. The van der Waals surface area contributed by atoms with Crippen molar-refractivity contribution < 1.29 is 5.11 Å². The first-order chi connectivity index (χ1) is 13.0. The molecule has 4 rings (SSSR count). The van der Waals surface area contributed by atoms with Gasteiger partial charge in [0.25, 0.3) is 0 Å². The third kappa shape index (κ3) is 3.23. The maximum atomic E-state index is 11.0. The Kier molecular flexibility index (Phi) is 4.48. The summed E-state index contributed by atoms with van der Waals surface area (Å²) in [6.07, 6.45) is 5.72. The van der Waals surface area contributed by atoms with Gasteiger partial charge in [0, 0.05) is 13.0 Å². The Bertz CT molecular complexity index is 934. The highest BCUT2D eigenvalue weighted by molar-refractivity contribution is 5.91. The van der Waals surface area contributed by atoms with E-state index in [0.29, 0.717) is 0 Å². The van der Waals surface area contributed by atoms with Gasteiger partial charge < -0.3 is 10.0 Å². The predicted molar refractivity (Wildman–Crippen MR) is 112 cm³/mol. The summed E-state index contributed by atoms with van der Waals surface area (Å²) < 4.78 is 0. The van der Waals surface area contributed by atoms with Crippen LogP contribution in [0.4, 0.5) is 5.69 Å². The Morgan fingerprint density at radius 3 is 2.48 bits per heavy atom.